The van der Waals surface area contributed by atoms with Gasteiger partial charge in [0, 0.05) is 0 Å². The van der Waals surface area contributed by atoms with Crippen LogP contribution >= 0.6 is 0 Å². The Morgan fingerprint density at radius 3 is 2.65 bits per heavy atom. The Morgan fingerprint density at radius 2 is 2.00 bits per heavy atom. The van der Waals surface area contributed by atoms with Gasteiger partial charge >= 0.3 is 5.97 Å². The molecular weight excluding hydrogens is 248 g/mol. The summed E-state index contributed by atoms with van der Waals surface area (Å²) in [6.45, 7) is 6.77. The van der Waals surface area contributed by atoms with Crippen LogP contribution in [-0.4, -0.2) is 12.6 Å². The average molecular weight is 272 g/mol. The van der Waals surface area contributed by atoms with Crippen molar-refractivity contribution in [3.63, 3.8) is 0 Å². The molecule has 0 saturated heterocycles. The second-order valence-corrected chi connectivity index (χ2v) is 4.92. The normalized spacial score (nSPS) is 13.4. The number of hydrogen-bond acceptors (Lipinski definition) is 2. The fraction of sp³-hybridized carbons (Fsp3) is 0.389. The van der Waals surface area contributed by atoms with Gasteiger partial charge in [0.2, 0.25) is 0 Å². The van der Waals surface area contributed by atoms with Gasteiger partial charge in [0.15, 0.2) is 0 Å². The Balaban J connectivity index is 2.21. The highest BCUT2D eigenvalue weighted by molar-refractivity contribution is 5.72. The summed E-state index contributed by atoms with van der Waals surface area (Å²) in [4.78, 5) is 11.6. The zero-order chi connectivity index (χ0) is 14.8. The Hall–Kier alpha value is -1.83. The van der Waals surface area contributed by atoms with Crippen molar-refractivity contribution in [2.75, 3.05) is 6.61 Å². The van der Waals surface area contributed by atoms with Crippen molar-refractivity contribution in [1.82, 2.24) is 0 Å². The molecule has 0 aliphatic rings. The number of esters is 1. The van der Waals surface area contributed by atoms with E-state index in [1.54, 1.807) is 0 Å². The van der Waals surface area contributed by atoms with E-state index < -0.39 is 0 Å². The van der Waals surface area contributed by atoms with Gasteiger partial charge < -0.3 is 4.74 Å². The lowest BCUT2D eigenvalue weighted by Gasteiger charge is -2.06. The number of hydrogen-bond donors (Lipinski definition) is 0. The first kappa shape index (κ1) is 16.2. The minimum absolute atomic E-state index is 0.165. The first-order valence-corrected chi connectivity index (χ1v) is 7.12. The van der Waals surface area contributed by atoms with Crippen LogP contribution in [-0.2, 0) is 16.0 Å². The van der Waals surface area contributed by atoms with E-state index in [0.717, 1.165) is 12.0 Å². The lowest BCUT2D eigenvalue weighted by atomic mass is 10.0. The van der Waals surface area contributed by atoms with Gasteiger partial charge in [-0.25, -0.2) is 0 Å². The molecule has 2 nitrogen and oxygen atoms in total. The van der Waals surface area contributed by atoms with Gasteiger partial charge in [-0.05, 0) is 31.7 Å². The molecule has 20 heavy (non-hydrogen) atoms. The maximum Gasteiger partial charge on any atom is 0.310 e. The largest absolute Gasteiger partial charge is 0.465 e. The number of carbonyl (C=O) groups excluding carboxylic acids is 1. The first-order valence-electron chi connectivity index (χ1n) is 7.12. The van der Waals surface area contributed by atoms with Crippen LogP contribution in [0.3, 0.4) is 0 Å². The van der Waals surface area contributed by atoms with Crippen molar-refractivity contribution in [2.45, 2.75) is 33.6 Å². The number of rotatable bonds is 7. The minimum atomic E-state index is -0.165. The van der Waals surface area contributed by atoms with Crippen LogP contribution in [0.5, 0.6) is 0 Å². The summed E-state index contributed by atoms with van der Waals surface area (Å²) < 4.78 is 5.21. The number of carbonyl (C=O) groups is 1. The molecule has 108 valence electrons. The van der Waals surface area contributed by atoms with Crippen molar-refractivity contribution in [2.24, 2.45) is 5.92 Å². The molecule has 0 aliphatic carbocycles. The summed E-state index contributed by atoms with van der Waals surface area (Å²) >= 11 is 0. The van der Waals surface area contributed by atoms with E-state index in [1.165, 1.54) is 5.57 Å². The van der Waals surface area contributed by atoms with Crippen LogP contribution in [0.15, 0.2) is 54.1 Å². The molecular formula is C18H24O2. The maximum absolute atomic E-state index is 11.6. The fourth-order valence-electron chi connectivity index (χ4n) is 1.77. The Kier molecular flexibility index (Phi) is 7.41. The standard InChI is InChI=1S/C18H24O2/c1-4-15(2)16(3)10-8-9-13-20-18(19)14-17-11-6-5-7-12-17/h4-8,10-12,16H,9,13-14H2,1-3H3/b10-8+,15-4+. The molecule has 0 saturated carbocycles. The molecule has 0 heterocycles. The summed E-state index contributed by atoms with van der Waals surface area (Å²) in [5, 5.41) is 0. The van der Waals surface area contributed by atoms with E-state index in [1.807, 2.05) is 37.3 Å². The predicted molar refractivity (Wildman–Crippen MR) is 83.5 cm³/mol. The highest BCUT2D eigenvalue weighted by Crippen LogP contribution is 2.10. The summed E-state index contributed by atoms with van der Waals surface area (Å²) in [6.07, 6.45) is 7.46. The summed E-state index contributed by atoms with van der Waals surface area (Å²) in [5.41, 5.74) is 2.34. The molecule has 1 rings (SSSR count). The van der Waals surface area contributed by atoms with E-state index in [4.69, 9.17) is 4.74 Å². The third kappa shape index (κ3) is 6.37. The van der Waals surface area contributed by atoms with Crippen LogP contribution in [0, 0.1) is 5.92 Å². The van der Waals surface area contributed by atoms with Crippen molar-refractivity contribution in [1.29, 1.82) is 0 Å². The SMILES string of the molecule is C/C=C(\C)C(C)/C=C/CCOC(=O)Cc1ccccc1. The lowest BCUT2D eigenvalue weighted by molar-refractivity contribution is -0.142. The highest BCUT2D eigenvalue weighted by Gasteiger charge is 2.03. The first-order chi connectivity index (χ1) is 9.63. The number of benzene rings is 1. The molecule has 1 aromatic rings. The third-order valence-electron chi connectivity index (χ3n) is 3.34. The topological polar surface area (TPSA) is 26.3 Å². The third-order valence-corrected chi connectivity index (χ3v) is 3.34. The molecule has 0 aromatic heterocycles. The highest BCUT2D eigenvalue weighted by atomic mass is 16.5. The van der Waals surface area contributed by atoms with Gasteiger partial charge in [-0.15, -0.1) is 0 Å². The van der Waals surface area contributed by atoms with Crippen LogP contribution in [0.1, 0.15) is 32.8 Å². The number of allylic oxidation sites excluding steroid dienone is 3. The van der Waals surface area contributed by atoms with E-state index >= 15 is 0 Å². The number of ether oxygens (including phenoxy) is 1. The summed E-state index contributed by atoms with van der Waals surface area (Å²) in [5.74, 6) is 0.280. The molecule has 0 N–H and O–H groups in total. The molecule has 0 radical (unpaired) electrons. The van der Waals surface area contributed by atoms with Crippen LogP contribution in [0.4, 0.5) is 0 Å². The van der Waals surface area contributed by atoms with Gasteiger partial charge in [-0.3, -0.25) is 4.79 Å². The summed E-state index contributed by atoms with van der Waals surface area (Å²) in [6, 6.07) is 9.66. The van der Waals surface area contributed by atoms with Gasteiger partial charge in [0.05, 0.1) is 13.0 Å². The average Bonchev–Trinajstić information content (AvgIpc) is 2.46. The van der Waals surface area contributed by atoms with Crippen LogP contribution in [0.25, 0.3) is 0 Å². The Morgan fingerprint density at radius 1 is 1.30 bits per heavy atom. The van der Waals surface area contributed by atoms with Crippen molar-refractivity contribution in [3.05, 3.63) is 59.7 Å². The van der Waals surface area contributed by atoms with Gasteiger partial charge in [-0.2, -0.15) is 0 Å². The van der Waals surface area contributed by atoms with E-state index in [0.29, 0.717) is 18.9 Å². The molecule has 0 amide bonds. The van der Waals surface area contributed by atoms with E-state index in [-0.39, 0.29) is 5.97 Å². The predicted octanol–water partition coefficient (Wildman–Crippen LogP) is 4.32. The lowest BCUT2D eigenvalue weighted by Crippen LogP contribution is -2.08. The van der Waals surface area contributed by atoms with Gasteiger partial charge in [-0.1, -0.05) is 61.1 Å². The Labute approximate surface area is 122 Å². The van der Waals surface area contributed by atoms with Gasteiger partial charge in [0.1, 0.15) is 0 Å². The second-order valence-electron chi connectivity index (χ2n) is 4.92. The maximum atomic E-state index is 11.6. The van der Waals surface area contributed by atoms with Crippen molar-refractivity contribution in [3.8, 4) is 0 Å². The van der Waals surface area contributed by atoms with Crippen LogP contribution < -0.4 is 0 Å². The molecule has 1 aromatic carbocycles. The molecule has 0 aliphatic heterocycles. The zero-order valence-corrected chi connectivity index (χ0v) is 12.6. The zero-order valence-electron chi connectivity index (χ0n) is 12.6. The van der Waals surface area contributed by atoms with Crippen molar-refractivity contribution < 1.29 is 9.53 Å². The Bertz CT molecular complexity index is 458. The van der Waals surface area contributed by atoms with E-state index in [9.17, 15) is 4.79 Å². The molecule has 0 fully saturated rings. The van der Waals surface area contributed by atoms with Crippen molar-refractivity contribution >= 4 is 5.97 Å². The van der Waals surface area contributed by atoms with E-state index in [2.05, 4.69) is 32.1 Å². The summed E-state index contributed by atoms with van der Waals surface area (Å²) in [7, 11) is 0. The molecule has 1 unspecified atom stereocenters. The minimum Gasteiger partial charge on any atom is -0.465 e. The van der Waals surface area contributed by atoms with Crippen LogP contribution in [0.2, 0.25) is 0 Å². The smallest absolute Gasteiger partial charge is 0.310 e. The quantitative estimate of drug-likeness (QED) is 0.420. The van der Waals surface area contributed by atoms with Gasteiger partial charge in [0.25, 0.3) is 0 Å². The fourth-order valence-corrected chi connectivity index (χ4v) is 1.77. The molecule has 0 spiro atoms. The monoisotopic (exact) mass is 272 g/mol. The molecule has 1 atom stereocenters. The second kappa shape index (κ2) is 9.13. The molecule has 0 bridgehead atoms. The molecule has 2 heteroatoms.